The van der Waals surface area contributed by atoms with E-state index in [1.165, 1.54) is 17.0 Å². The average molecular weight is 398 g/mol. The molecule has 1 saturated heterocycles. The van der Waals surface area contributed by atoms with Crippen molar-refractivity contribution in [1.29, 1.82) is 0 Å². The summed E-state index contributed by atoms with van der Waals surface area (Å²) in [6, 6.07) is 6.11. The smallest absolute Gasteiger partial charge is 0.378 e. The summed E-state index contributed by atoms with van der Waals surface area (Å²) < 4.78 is 66.1. The minimum Gasteiger partial charge on any atom is -0.378 e. The molecular weight excluding hydrogens is 383 g/mol. The lowest BCUT2D eigenvalue weighted by molar-refractivity contribution is -0.302. The molecule has 0 radical (unpaired) electrons. The van der Waals surface area contributed by atoms with Gasteiger partial charge in [0, 0.05) is 43.4 Å². The van der Waals surface area contributed by atoms with E-state index >= 15 is 0 Å². The first-order valence-electron chi connectivity index (χ1n) is 8.48. The highest BCUT2D eigenvalue weighted by molar-refractivity contribution is 5.99. The van der Waals surface area contributed by atoms with Gasteiger partial charge in [0.05, 0.1) is 0 Å². The molecule has 0 unspecified atom stereocenters. The number of halogens is 5. The fraction of sp³-hybridized carbons (Fsp3) is 0.316. The number of likely N-dealkylation sites (tertiary alicyclic amines) is 1. The Morgan fingerprint density at radius 1 is 1.07 bits per heavy atom. The lowest BCUT2D eigenvalue weighted by Gasteiger charge is -2.47. The molecule has 4 rings (SSSR count). The molecule has 0 atom stereocenters. The Hall–Kier alpha value is -2.52. The van der Waals surface area contributed by atoms with E-state index in [1.807, 2.05) is 0 Å². The number of rotatable bonds is 3. The van der Waals surface area contributed by atoms with Crippen LogP contribution in [0.1, 0.15) is 21.5 Å². The molecule has 28 heavy (non-hydrogen) atoms. The van der Waals surface area contributed by atoms with Crippen LogP contribution in [-0.4, -0.2) is 40.8 Å². The molecule has 0 bridgehead atoms. The number of carbonyl (C=O) groups excluding carboxylic acids is 1. The van der Waals surface area contributed by atoms with Gasteiger partial charge in [-0.05, 0) is 34.9 Å². The maximum absolute atomic E-state index is 14.3. The van der Waals surface area contributed by atoms with E-state index in [1.54, 1.807) is 6.07 Å². The van der Waals surface area contributed by atoms with Crippen molar-refractivity contribution in [2.24, 2.45) is 0 Å². The van der Waals surface area contributed by atoms with Gasteiger partial charge in [0.2, 0.25) is 0 Å². The summed E-state index contributed by atoms with van der Waals surface area (Å²) in [5, 5.41) is 12.3. The first-order chi connectivity index (χ1) is 13.1. The second-order valence-electron chi connectivity index (χ2n) is 7.15. The van der Waals surface area contributed by atoms with Crippen LogP contribution in [0.3, 0.4) is 0 Å². The second kappa shape index (κ2) is 6.25. The van der Waals surface area contributed by atoms with Crippen LogP contribution in [-0.2, 0) is 13.1 Å². The minimum absolute atomic E-state index is 0.0199. The summed E-state index contributed by atoms with van der Waals surface area (Å²) >= 11 is 0. The fourth-order valence-electron chi connectivity index (χ4n) is 3.64. The molecule has 0 spiro atoms. The van der Waals surface area contributed by atoms with Gasteiger partial charge < -0.3 is 10.4 Å². The Morgan fingerprint density at radius 2 is 1.79 bits per heavy atom. The van der Waals surface area contributed by atoms with E-state index in [0.717, 1.165) is 6.07 Å². The molecule has 2 aromatic carbocycles. The zero-order chi connectivity index (χ0) is 20.3. The summed E-state index contributed by atoms with van der Waals surface area (Å²) in [4.78, 5) is 13.3. The SMILES string of the molecule is O=C1NCc2cc(CN3CC(O)(C(F)(F)F)C3)c(-c3ccc(F)cc3F)cc21. The summed E-state index contributed by atoms with van der Waals surface area (Å²) in [5.74, 6) is -1.93. The van der Waals surface area contributed by atoms with Crippen molar-refractivity contribution >= 4 is 5.91 Å². The molecule has 2 heterocycles. The number of nitrogens with one attached hydrogen (secondary N) is 1. The maximum atomic E-state index is 14.3. The van der Waals surface area contributed by atoms with Crippen LogP contribution in [0.25, 0.3) is 11.1 Å². The molecular formula is C19H15F5N2O2. The van der Waals surface area contributed by atoms with Crippen molar-refractivity contribution in [3.8, 4) is 11.1 Å². The number of carbonyl (C=O) groups is 1. The number of benzene rings is 2. The van der Waals surface area contributed by atoms with Crippen LogP contribution >= 0.6 is 0 Å². The summed E-state index contributed by atoms with van der Waals surface area (Å²) in [7, 11) is 0. The fourth-order valence-corrected chi connectivity index (χ4v) is 3.64. The third-order valence-electron chi connectivity index (χ3n) is 5.13. The van der Waals surface area contributed by atoms with Crippen LogP contribution in [0.5, 0.6) is 0 Å². The largest absolute Gasteiger partial charge is 0.419 e. The molecule has 2 N–H and O–H groups in total. The molecule has 1 amide bonds. The van der Waals surface area contributed by atoms with Gasteiger partial charge in [-0.2, -0.15) is 13.2 Å². The van der Waals surface area contributed by atoms with E-state index < -0.39 is 36.5 Å². The number of fused-ring (bicyclic) bond motifs is 1. The van der Waals surface area contributed by atoms with Crippen molar-refractivity contribution in [3.63, 3.8) is 0 Å². The monoisotopic (exact) mass is 398 g/mol. The highest BCUT2D eigenvalue weighted by Gasteiger charge is 2.60. The van der Waals surface area contributed by atoms with E-state index in [4.69, 9.17) is 0 Å². The maximum Gasteiger partial charge on any atom is 0.419 e. The molecule has 2 aliphatic heterocycles. The molecule has 0 aromatic heterocycles. The number of hydrogen-bond acceptors (Lipinski definition) is 3. The lowest BCUT2D eigenvalue weighted by atomic mass is 9.90. The lowest BCUT2D eigenvalue weighted by Crippen LogP contribution is -2.68. The highest BCUT2D eigenvalue weighted by atomic mass is 19.4. The molecule has 0 aliphatic carbocycles. The summed E-state index contributed by atoms with van der Waals surface area (Å²) in [5.41, 5.74) is -0.926. The summed E-state index contributed by atoms with van der Waals surface area (Å²) in [6.45, 7) is -0.919. The molecule has 9 heteroatoms. The Balaban J connectivity index is 1.70. The molecule has 2 aliphatic rings. The quantitative estimate of drug-likeness (QED) is 0.782. The van der Waals surface area contributed by atoms with Gasteiger partial charge in [-0.15, -0.1) is 0 Å². The van der Waals surface area contributed by atoms with Gasteiger partial charge in [0.1, 0.15) is 11.6 Å². The topological polar surface area (TPSA) is 52.6 Å². The third-order valence-corrected chi connectivity index (χ3v) is 5.13. The number of β-amino-alcohol motifs (C(OH)–C–C–N with tert-alkyl or cyclic N) is 1. The molecule has 0 saturated carbocycles. The predicted octanol–water partition coefficient (Wildman–Crippen LogP) is 2.98. The standard InChI is InChI=1S/C19H15F5N2O2/c20-12-1-2-13(16(21)4-12)14-5-15-10(6-25-17(15)27)3-11(14)7-26-8-18(28,9-26)19(22,23)24/h1-5,28H,6-9H2,(H,25,27). The van der Waals surface area contributed by atoms with Gasteiger partial charge in [-0.25, -0.2) is 8.78 Å². The minimum atomic E-state index is -4.73. The Labute approximate surface area is 156 Å². The van der Waals surface area contributed by atoms with Gasteiger partial charge in [0.15, 0.2) is 5.60 Å². The third kappa shape index (κ3) is 3.04. The first kappa shape index (κ1) is 18.8. The zero-order valence-electron chi connectivity index (χ0n) is 14.4. The van der Waals surface area contributed by atoms with Crippen LogP contribution < -0.4 is 5.32 Å². The second-order valence-corrected chi connectivity index (χ2v) is 7.15. The van der Waals surface area contributed by atoms with Crippen LogP contribution in [0.4, 0.5) is 22.0 Å². The molecule has 4 nitrogen and oxygen atoms in total. The van der Waals surface area contributed by atoms with E-state index in [0.29, 0.717) is 28.3 Å². The summed E-state index contributed by atoms with van der Waals surface area (Å²) in [6.07, 6.45) is -4.73. The van der Waals surface area contributed by atoms with E-state index in [-0.39, 0.29) is 24.6 Å². The number of alkyl halides is 3. The first-order valence-corrected chi connectivity index (χ1v) is 8.48. The molecule has 1 fully saturated rings. The predicted molar refractivity (Wildman–Crippen MR) is 89.2 cm³/mol. The van der Waals surface area contributed by atoms with Crippen LogP contribution in [0.2, 0.25) is 0 Å². The Kier molecular flexibility index (Phi) is 4.20. The molecule has 2 aromatic rings. The van der Waals surface area contributed by atoms with Gasteiger partial charge in [-0.1, -0.05) is 6.07 Å². The zero-order valence-corrected chi connectivity index (χ0v) is 14.4. The van der Waals surface area contributed by atoms with Crippen molar-refractivity contribution in [2.45, 2.75) is 24.9 Å². The van der Waals surface area contributed by atoms with Gasteiger partial charge in [0.25, 0.3) is 5.91 Å². The number of nitrogens with zero attached hydrogens (tertiary/aromatic N) is 1. The normalized spacial score (nSPS) is 18.6. The van der Waals surface area contributed by atoms with E-state index in [2.05, 4.69) is 5.32 Å². The van der Waals surface area contributed by atoms with E-state index in [9.17, 15) is 31.9 Å². The Bertz CT molecular complexity index is 968. The van der Waals surface area contributed by atoms with Gasteiger partial charge >= 0.3 is 6.18 Å². The average Bonchev–Trinajstić information content (AvgIpc) is 2.92. The number of aliphatic hydroxyl groups is 1. The Morgan fingerprint density at radius 3 is 2.43 bits per heavy atom. The highest BCUT2D eigenvalue weighted by Crippen LogP contribution is 2.39. The van der Waals surface area contributed by atoms with Crippen molar-refractivity contribution in [2.75, 3.05) is 13.1 Å². The number of hydrogen-bond donors (Lipinski definition) is 2. The van der Waals surface area contributed by atoms with Crippen molar-refractivity contribution < 1.29 is 31.9 Å². The van der Waals surface area contributed by atoms with Crippen LogP contribution in [0, 0.1) is 11.6 Å². The number of amides is 1. The van der Waals surface area contributed by atoms with Crippen LogP contribution in [0.15, 0.2) is 30.3 Å². The van der Waals surface area contributed by atoms with Gasteiger partial charge in [-0.3, -0.25) is 9.69 Å². The molecule has 148 valence electrons. The van der Waals surface area contributed by atoms with Crippen molar-refractivity contribution in [1.82, 2.24) is 10.2 Å². The van der Waals surface area contributed by atoms with Crippen molar-refractivity contribution in [3.05, 3.63) is 58.7 Å².